The molecule has 0 radical (unpaired) electrons. The van der Waals surface area contributed by atoms with Gasteiger partial charge in [0.1, 0.15) is 17.9 Å². The van der Waals surface area contributed by atoms with Gasteiger partial charge >= 0.3 is 6.01 Å². The molecule has 28 heavy (non-hydrogen) atoms. The summed E-state index contributed by atoms with van der Waals surface area (Å²) in [7, 11) is 3.18. The summed E-state index contributed by atoms with van der Waals surface area (Å²) in [6, 6.07) is 13.1. The fraction of sp³-hybridized carbons (Fsp3) is 0.100. The SMILES string of the molecule is COc1cc2ncnc(Nc3ccc(Oc4ncccn4)cc3)c2cc1OC. The van der Waals surface area contributed by atoms with Crippen LogP contribution in [0.25, 0.3) is 10.9 Å². The minimum Gasteiger partial charge on any atom is -0.493 e. The molecule has 0 saturated carbocycles. The van der Waals surface area contributed by atoms with Gasteiger partial charge in [-0.25, -0.2) is 19.9 Å². The van der Waals surface area contributed by atoms with Crippen molar-refractivity contribution in [2.75, 3.05) is 19.5 Å². The first kappa shape index (κ1) is 17.5. The second-order valence-corrected chi connectivity index (χ2v) is 5.73. The van der Waals surface area contributed by atoms with Crippen molar-refractivity contribution in [3.8, 4) is 23.3 Å². The van der Waals surface area contributed by atoms with Crippen molar-refractivity contribution in [3.05, 3.63) is 61.2 Å². The van der Waals surface area contributed by atoms with Gasteiger partial charge in [-0.1, -0.05) is 0 Å². The van der Waals surface area contributed by atoms with Crippen LogP contribution in [0.4, 0.5) is 11.5 Å². The maximum atomic E-state index is 5.60. The predicted octanol–water partition coefficient (Wildman–Crippen LogP) is 3.97. The molecule has 2 aromatic carbocycles. The third-order valence-electron chi connectivity index (χ3n) is 4.01. The van der Waals surface area contributed by atoms with Crippen LogP contribution in [-0.2, 0) is 0 Å². The van der Waals surface area contributed by atoms with E-state index in [1.165, 1.54) is 6.33 Å². The molecule has 0 fully saturated rings. The van der Waals surface area contributed by atoms with Crippen LogP contribution in [-0.4, -0.2) is 34.2 Å². The Morgan fingerprint density at radius 2 is 1.54 bits per heavy atom. The third-order valence-corrected chi connectivity index (χ3v) is 4.01. The number of hydrogen-bond acceptors (Lipinski definition) is 8. The monoisotopic (exact) mass is 375 g/mol. The molecule has 8 heteroatoms. The Balaban J connectivity index is 1.59. The summed E-state index contributed by atoms with van der Waals surface area (Å²) in [5.41, 5.74) is 1.59. The topological polar surface area (TPSA) is 91.3 Å². The van der Waals surface area contributed by atoms with Crippen LogP contribution in [0.15, 0.2) is 61.2 Å². The largest absolute Gasteiger partial charge is 0.493 e. The fourth-order valence-corrected chi connectivity index (χ4v) is 2.67. The normalized spacial score (nSPS) is 10.5. The van der Waals surface area contributed by atoms with Gasteiger partial charge in [0.15, 0.2) is 11.5 Å². The van der Waals surface area contributed by atoms with Crippen LogP contribution in [0, 0.1) is 0 Å². The van der Waals surface area contributed by atoms with Gasteiger partial charge in [-0.2, -0.15) is 0 Å². The number of rotatable bonds is 6. The Bertz CT molecular complexity index is 1090. The zero-order valence-corrected chi connectivity index (χ0v) is 15.3. The molecule has 8 nitrogen and oxygen atoms in total. The number of nitrogens with one attached hydrogen (secondary N) is 1. The average molecular weight is 375 g/mol. The molecule has 0 aliphatic rings. The lowest BCUT2D eigenvalue weighted by molar-refractivity contribution is 0.356. The first-order valence-electron chi connectivity index (χ1n) is 8.45. The standard InChI is InChI=1S/C20H17N5O3/c1-26-17-10-15-16(11-18(17)27-2)23-12-24-19(15)25-13-4-6-14(7-5-13)28-20-21-8-3-9-22-20/h3-12H,1-2H3,(H,23,24,25). The molecule has 2 aromatic heterocycles. The molecule has 0 saturated heterocycles. The first-order chi connectivity index (χ1) is 13.8. The maximum Gasteiger partial charge on any atom is 0.321 e. The highest BCUT2D eigenvalue weighted by atomic mass is 16.5. The van der Waals surface area contributed by atoms with E-state index >= 15 is 0 Å². The first-order valence-corrected chi connectivity index (χ1v) is 8.45. The maximum absolute atomic E-state index is 5.60. The highest BCUT2D eigenvalue weighted by Gasteiger charge is 2.11. The quantitative estimate of drug-likeness (QED) is 0.541. The number of benzene rings is 2. The zero-order chi connectivity index (χ0) is 19.3. The summed E-state index contributed by atoms with van der Waals surface area (Å²) in [6.07, 6.45) is 4.75. The molecule has 4 rings (SSSR count). The number of aromatic nitrogens is 4. The molecule has 2 heterocycles. The second kappa shape index (κ2) is 7.75. The molecule has 0 atom stereocenters. The minimum atomic E-state index is 0.297. The Labute approximate surface area is 161 Å². The summed E-state index contributed by atoms with van der Waals surface area (Å²) in [4.78, 5) is 16.7. The van der Waals surface area contributed by atoms with Crippen molar-refractivity contribution in [1.29, 1.82) is 0 Å². The van der Waals surface area contributed by atoms with Crippen molar-refractivity contribution in [1.82, 2.24) is 19.9 Å². The summed E-state index contributed by atoms with van der Waals surface area (Å²) >= 11 is 0. The van der Waals surface area contributed by atoms with Gasteiger partial charge < -0.3 is 19.5 Å². The van der Waals surface area contributed by atoms with Gasteiger partial charge in [0.05, 0.1) is 19.7 Å². The van der Waals surface area contributed by atoms with Crippen molar-refractivity contribution in [2.45, 2.75) is 0 Å². The molecule has 0 spiro atoms. The van der Waals surface area contributed by atoms with Crippen molar-refractivity contribution in [3.63, 3.8) is 0 Å². The van der Waals surface area contributed by atoms with Crippen molar-refractivity contribution < 1.29 is 14.2 Å². The number of hydrogen-bond donors (Lipinski definition) is 1. The van der Waals surface area contributed by atoms with E-state index in [1.54, 1.807) is 32.7 Å². The van der Waals surface area contributed by atoms with Crippen molar-refractivity contribution in [2.24, 2.45) is 0 Å². The Hall–Kier alpha value is -3.94. The highest BCUT2D eigenvalue weighted by Crippen LogP contribution is 2.34. The molecule has 140 valence electrons. The molecular weight excluding hydrogens is 358 g/mol. The second-order valence-electron chi connectivity index (χ2n) is 5.73. The Kier molecular flexibility index (Phi) is 4.83. The van der Waals surface area contributed by atoms with Gasteiger partial charge in [0.25, 0.3) is 0 Å². The van der Waals surface area contributed by atoms with Crippen LogP contribution in [0.2, 0.25) is 0 Å². The van der Waals surface area contributed by atoms with Crippen LogP contribution >= 0.6 is 0 Å². The number of nitrogens with zero attached hydrogens (tertiary/aromatic N) is 4. The van der Waals surface area contributed by atoms with E-state index in [2.05, 4.69) is 25.3 Å². The summed E-state index contributed by atoms with van der Waals surface area (Å²) in [5.74, 6) is 2.52. The lowest BCUT2D eigenvalue weighted by Gasteiger charge is -2.12. The van der Waals surface area contributed by atoms with E-state index in [9.17, 15) is 0 Å². The summed E-state index contributed by atoms with van der Waals surface area (Å²) in [5, 5.41) is 4.11. The van der Waals surface area contributed by atoms with E-state index in [-0.39, 0.29) is 0 Å². The lowest BCUT2D eigenvalue weighted by atomic mass is 10.2. The predicted molar refractivity (Wildman–Crippen MR) is 104 cm³/mol. The van der Waals surface area contributed by atoms with Gasteiger partial charge in [-0.15, -0.1) is 0 Å². The molecule has 1 N–H and O–H groups in total. The van der Waals surface area contributed by atoms with Gasteiger partial charge in [-0.05, 0) is 36.4 Å². The summed E-state index contributed by atoms with van der Waals surface area (Å²) in [6.45, 7) is 0. The molecule has 0 unspecified atom stereocenters. The van der Waals surface area contributed by atoms with E-state index in [4.69, 9.17) is 14.2 Å². The van der Waals surface area contributed by atoms with Crippen LogP contribution < -0.4 is 19.5 Å². The van der Waals surface area contributed by atoms with E-state index in [0.717, 1.165) is 16.6 Å². The molecule has 0 aliphatic heterocycles. The fourth-order valence-electron chi connectivity index (χ4n) is 2.67. The van der Waals surface area contributed by atoms with Crippen LogP contribution in [0.5, 0.6) is 23.3 Å². The third kappa shape index (κ3) is 3.61. The molecular formula is C20H17N5O3. The zero-order valence-electron chi connectivity index (χ0n) is 15.3. The molecule has 4 aromatic rings. The van der Waals surface area contributed by atoms with Crippen LogP contribution in [0.3, 0.4) is 0 Å². The van der Waals surface area contributed by atoms with E-state index in [0.29, 0.717) is 29.1 Å². The summed E-state index contributed by atoms with van der Waals surface area (Å²) < 4.78 is 16.3. The number of anilines is 2. The smallest absolute Gasteiger partial charge is 0.321 e. The Morgan fingerprint density at radius 1 is 0.821 bits per heavy atom. The number of ether oxygens (including phenoxy) is 3. The van der Waals surface area contributed by atoms with Crippen molar-refractivity contribution >= 4 is 22.4 Å². The highest BCUT2D eigenvalue weighted by molar-refractivity contribution is 5.93. The molecule has 0 amide bonds. The molecule has 0 bridgehead atoms. The average Bonchev–Trinajstić information content (AvgIpc) is 2.75. The number of methoxy groups -OCH3 is 2. The van der Waals surface area contributed by atoms with Gasteiger partial charge in [0.2, 0.25) is 0 Å². The van der Waals surface area contributed by atoms with E-state index in [1.807, 2.05) is 36.4 Å². The molecule has 0 aliphatic carbocycles. The van der Waals surface area contributed by atoms with Gasteiger partial charge in [-0.3, -0.25) is 0 Å². The lowest BCUT2D eigenvalue weighted by Crippen LogP contribution is -1.98. The van der Waals surface area contributed by atoms with Gasteiger partial charge in [0, 0.05) is 29.5 Å². The minimum absolute atomic E-state index is 0.297. The Morgan fingerprint density at radius 3 is 2.25 bits per heavy atom. The number of fused-ring (bicyclic) bond motifs is 1. The van der Waals surface area contributed by atoms with E-state index < -0.39 is 0 Å². The van der Waals surface area contributed by atoms with Crippen LogP contribution in [0.1, 0.15) is 0 Å².